The molecule has 1 aromatic carbocycles. The van der Waals surface area contributed by atoms with E-state index in [1.54, 1.807) is 12.4 Å². The molecule has 0 aliphatic heterocycles. The number of aryl methyl sites for hydroxylation is 2. The van der Waals surface area contributed by atoms with Gasteiger partial charge in [0.25, 0.3) is 5.56 Å². The number of carboxylic acids is 1. The van der Waals surface area contributed by atoms with E-state index < -0.39 is 22.8 Å². The first-order valence-electron chi connectivity index (χ1n) is 10.9. The van der Waals surface area contributed by atoms with Crippen LogP contribution < -0.4 is 10.9 Å². The molecule has 1 aliphatic rings. The first-order chi connectivity index (χ1) is 15.9. The van der Waals surface area contributed by atoms with Gasteiger partial charge < -0.3 is 25.1 Å². The third-order valence-electron chi connectivity index (χ3n) is 6.40. The minimum atomic E-state index is -1.43. The fourth-order valence-electron chi connectivity index (χ4n) is 4.69. The minimum Gasteiger partial charge on any atom is -0.506 e. The molecule has 0 bridgehead atoms. The molecule has 168 valence electrons. The number of aromatic carboxylic acids is 1. The molecule has 0 saturated heterocycles. The lowest BCUT2D eigenvalue weighted by atomic mass is 9.98. The zero-order valence-electron chi connectivity index (χ0n) is 18.2. The van der Waals surface area contributed by atoms with E-state index in [-0.39, 0.29) is 0 Å². The maximum absolute atomic E-state index is 12.4. The number of benzene rings is 1. The van der Waals surface area contributed by atoms with Crippen molar-refractivity contribution in [2.24, 2.45) is 7.05 Å². The van der Waals surface area contributed by atoms with Crippen LogP contribution in [-0.2, 0) is 33.0 Å². The lowest BCUT2D eigenvalue weighted by molar-refractivity contribution is 0.0691. The highest BCUT2D eigenvalue weighted by molar-refractivity contribution is 5.93. The average Bonchev–Trinajstić information content (AvgIpc) is 2.97. The molecule has 8 nitrogen and oxygen atoms in total. The number of hydrogen-bond acceptors (Lipinski definition) is 5. The Kier molecular flexibility index (Phi) is 5.22. The van der Waals surface area contributed by atoms with Crippen LogP contribution in [0.2, 0.25) is 0 Å². The second-order valence-electron chi connectivity index (χ2n) is 8.41. The normalized spacial score (nSPS) is 12.9. The molecule has 33 heavy (non-hydrogen) atoms. The van der Waals surface area contributed by atoms with Crippen molar-refractivity contribution < 1.29 is 15.0 Å². The van der Waals surface area contributed by atoms with Crippen molar-refractivity contribution in [2.75, 3.05) is 0 Å². The Morgan fingerprint density at radius 3 is 2.73 bits per heavy atom. The topological polar surface area (TPSA) is 120 Å². The standard InChI is InChI=1S/C25H24N4O4/c1-29-17(13-27-12-14-5-7-26-8-6-14)9-16-10-19-15(11-20(16)29)3-2-4-18-22(19)28-24(31)21(23(18)30)25(32)33/h5-11,27H,2-4,12-13H2,1H3,(H,32,33)(H2,28,30,31). The van der Waals surface area contributed by atoms with Crippen molar-refractivity contribution in [2.45, 2.75) is 32.4 Å². The molecule has 4 N–H and O–H groups in total. The van der Waals surface area contributed by atoms with Crippen LogP contribution in [-0.4, -0.2) is 30.7 Å². The summed E-state index contributed by atoms with van der Waals surface area (Å²) in [5.41, 5.74) is 4.89. The zero-order valence-corrected chi connectivity index (χ0v) is 18.2. The van der Waals surface area contributed by atoms with Crippen LogP contribution in [0.25, 0.3) is 22.2 Å². The van der Waals surface area contributed by atoms with Crippen LogP contribution in [0.5, 0.6) is 5.75 Å². The Balaban J connectivity index is 1.54. The molecule has 0 spiro atoms. The summed E-state index contributed by atoms with van der Waals surface area (Å²) in [5, 5.41) is 24.4. The molecule has 0 radical (unpaired) electrons. The summed E-state index contributed by atoms with van der Waals surface area (Å²) in [6, 6.07) is 10.2. The predicted molar refractivity (Wildman–Crippen MR) is 124 cm³/mol. The van der Waals surface area contributed by atoms with Crippen LogP contribution in [0.3, 0.4) is 0 Å². The monoisotopic (exact) mass is 444 g/mol. The molecule has 1 aliphatic carbocycles. The Labute approximate surface area is 189 Å². The molecule has 8 heteroatoms. The largest absolute Gasteiger partial charge is 0.506 e. The number of aromatic hydroxyl groups is 1. The summed E-state index contributed by atoms with van der Waals surface area (Å²) in [6.07, 6.45) is 5.56. The third kappa shape index (κ3) is 3.68. The van der Waals surface area contributed by atoms with E-state index in [1.165, 1.54) is 0 Å². The number of carbonyl (C=O) groups is 1. The summed E-state index contributed by atoms with van der Waals surface area (Å²) in [4.78, 5) is 30.7. The van der Waals surface area contributed by atoms with Crippen molar-refractivity contribution in [3.63, 3.8) is 0 Å². The highest BCUT2D eigenvalue weighted by Crippen LogP contribution is 2.38. The quantitative estimate of drug-likeness (QED) is 0.375. The van der Waals surface area contributed by atoms with E-state index >= 15 is 0 Å². The van der Waals surface area contributed by atoms with E-state index in [0.717, 1.165) is 52.7 Å². The lowest BCUT2D eigenvalue weighted by Crippen LogP contribution is -2.20. The molecule has 3 heterocycles. The molecule has 3 aromatic heterocycles. The fourth-order valence-corrected chi connectivity index (χ4v) is 4.69. The van der Waals surface area contributed by atoms with E-state index in [0.29, 0.717) is 24.2 Å². The Morgan fingerprint density at radius 1 is 1.18 bits per heavy atom. The molecule has 0 atom stereocenters. The number of rotatable bonds is 5. The van der Waals surface area contributed by atoms with Gasteiger partial charge in [-0.25, -0.2) is 4.79 Å². The lowest BCUT2D eigenvalue weighted by Gasteiger charge is -2.13. The first-order valence-corrected chi connectivity index (χ1v) is 10.9. The third-order valence-corrected chi connectivity index (χ3v) is 6.40. The predicted octanol–water partition coefficient (Wildman–Crippen LogP) is 3.11. The SMILES string of the molecule is Cn1c(CNCc2ccncc2)cc2cc3c(cc21)CCCc1c-3[nH]c(=O)c(C(=O)O)c1O. The Bertz CT molecular complexity index is 1440. The molecule has 0 amide bonds. The number of hydrogen-bond donors (Lipinski definition) is 4. The first kappa shape index (κ1) is 21.0. The number of nitrogens with one attached hydrogen (secondary N) is 2. The number of H-pyrrole nitrogens is 1. The number of nitrogens with zero attached hydrogens (tertiary/aromatic N) is 2. The number of carboxylic acid groups (broad SMARTS) is 1. The van der Waals surface area contributed by atoms with Crippen molar-refractivity contribution in [1.82, 2.24) is 19.9 Å². The highest BCUT2D eigenvalue weighted by atomic mass is 16.4. The maximum Gasteiger partial charge on any atom is 0.345 e. The smallest absolute Gasteiger partial charge is 0.345 e. The fraction of sp³-hybridized carbons (Fsp3) is 0.240. The molecule has 0 fully saturated rings. The van der Waals surface area contributed by atoms with E-state index in [1.807, 2.05) is 25.2 Å². The van der Waals surface area contributed by atoms with Crippen LogP contribution >= 0.6 is 0 Å². The van der Waals surface area contributed by atoms with Gasteiger partial charge in [0, 0.05) is 60.3 Å². The van der Waals surface area contributed by atoms with Gasteiger partial charge in [-0.3, -0.25) is 9.78 Å². The summed E-state index contributed by atoms with van der Waals surface area (Å²) in [6.45, 7) is 1.43. The second-order valence-corrected chi connectivity index (χ2v) is 8.41. The summed E-state index contributed by atoms with van der Waals surface area (Å²) < 4.78 is 2.16. The van der Waals surface area contributed by atoms with Crippen LogP contribution in [0, 0.1) is 0 Å². The van der Waals surface area contributed by atoms with Gasteiger partial charge in [-0.1, -0.05) is 0 Å². The minimum absolute atomic E-state index is 0.428. The summed E-state index contributed by atoms with van der Waals surface area (Å²) >= 11 is 0. The van der Waals surface area contributed by atoms with Gasteiger partial charge >= 0.3 is 5.97 Å². The number of aromatic amines is 1. The van der Waals surface area contributed by atoms with Gasteiger partial charge in [-0.15, -0.1) is 0 Å². The van der Waals surface area contributed by atoms with Crippen molar-refractivity contribution >= 4 is 16.9 Å². The molecular weight excluding hydrogens is 420 g/mol. The molecule has 0 unspecified atom stereocenters. The van der Waals surface area contributed by atoms with Crippen LogP contribution in [0.4, 0.5) is 0 Å². The van der Waals surface area contributed by atoms with Crippen LogP contribution in [0.15, 0.2) is 47.5 Å². The summed E-state index contributed by atoms with van der Waals surface area (Å²) in [5.74, 6) is -1.85. The van der Waals surface area contributed by atoms with Gasteiger partial charge in [-0.2, -0.15) is 0 Å². The van der Waals surface area contributed by atoms with Crippen LogP contribution in [0.1, 0.15) is 39.2 Å². The second kappa shape index (κ2) is 8.22. The highest BCUT2D eigenvalue weighted by Gasteiger charge is 2.26. The van der Waals surface area contributed by atoms with E-state index in [2.05, 4.69) is 32.0 Å². The van der Waals surface area contributed by atoms with E-state index in [4.69, 9.17) is 0 Å². The van der Waals surface area contributed by atoms with Gasteiger partial charge in [0.05, 0.1) is 5.69 Å². The van der Waals surface area contributed by atoms with Gasteiger partial charge in [-0.05, 0) is 60.7 Å². The summed E-state index contributed by atoms with van der Waals surface area (Å²) in [7, 11) is 2.04. The van der Waals surface area contributed by atoms with Crippen molar-refractivity contribution in [3.05, 3.63) is 81.0 Å². The van der Waals surface area contributed by atoms with E-state index in [9.17, 15) is 19.8 Å². The number of pyridine rings is 2. The molecule has 0 saturated carbocycles. The van der Waals surface area contributed by atoms with Crippen molar-refractivity contribution in [1.29, 1.82) is 0 Å². The number of fused-ring (bicyclic) bond motifs is 4. The van der Waals surface area contributed by atoms with Gasteiger partial charge in [0.2, 0.25) is 0 Å². The Morgan fingerprint density at radius 2 is 1.97 bits per heavy atom. The zero-order chi connectivity index (χ0) is 23.1. The molecule has 4 aromatic rings. The van der Waals surface area contributed by atoms with Gasteiger partial charge in [0.15, 0.2) is 5.56 Å². The molecular formula is C25H24N4O4. The average molecular weight is 444 g/mol. The maximum atomic E-state index is 12.4. The van der Waals surface area contributed by atoms with Crippen molar-refractivity contribution in [3.8, 4) is 17.0 Å². The number of aromatic nitrogens is 3. The Hall–Kier alpha value is -3.91. The van der Waals surface area contributed by atoms with Gasteiger partial charge in [0.1, 0.15) is 5.75 Å². The molecule has 5 rings (SSSR count).